The summed E-state index contributed by atoms with van der Waals surface area (Å²) in [6.07, 6.45) is 3.10. The van der Waals surface area contributed by atoms with Gasteiger partial charge in [-0.25, -0.2) is 12.8 Å². The van der Waals surface area contributed by atoms with Gasteiger partial charge in [0.25, 0.3) is 5.91 Å². The summed E-state index contributed by atoms with van der Waals surface area (Å²) in [7, 11) is -4.00. The molecular weight excluding hydrogens is 371 g/mol. The minimum Gasteiger partial charge on any atom is -0.379 e. The van der Waals surface area contributed by atoms with Crippen LogP contribution in [0.15, 0.2) is 23.1 Å². The average Bonchev–Trinajstić information content (AvgIpc) is 2.66. The lowest BCUT2D eigenvalue weighted by Crippen LogP contribution is -2.44. The van der Waals surface area contributed by atoms with E-state index in [1.807, 2.05) is 0 Å². The Morgan fingerprint density at radius 3 is 2.63 bits per heavy atom. The second-order valence-electron chi connectivity index (χ2n) is 7.51. The topological polar surface area (TPSA) is 75.7 Å². The van der Waals surface area contributed by atoms with Gasteiger partial charge in [-0.2, -0.15) is 4.31 Å². The van der Waals surface area contributed by atoms with Crippen molar-refractivity contribution < 1.29 is 22.3 Å². The second-order valence-corrected chi connectivity index (χ2v) is 9.42. The number of halogens is 1. The lowest BCUT2D eigenvalue weighted by molar-refractivity contribution is 0.0729. The van der Waals surface area contributed by atoms with Crippen LogP contribution in [0.3, 0.4) is 0 Å². The van der Waals surface area contributed by atoms with Crippen LogP contribution in [0.1, 0.15) is 43.5 Å². The van der Waals surface area contributed by atoms with Crippen LogP contribution in [0.5, 0.6) is 0 Å². The Bertz CT molecular complexity index is 793. The number of hydrogen-bond acceptors (Lipinski definition) is 4. The number of ether oxygens (including phenoxy) is 1. The molecule has 150 valence electrons. The van der Waals surface area contributed by atoms with Crippen LogP contribution in [0.2, 0.25) is 0 Å². The van der Waals surface area contributed by atoms with Crippen molar-refractivity contribution in [2.45, 2.75) is 44.0 Å². The molecule has 1 N–H and O–H groups in total. The Morgan fingerprint density at radius 2 is 1.93 bits per heavy atom. The largest absolute Gasteiger partial charge is 0.379 e. The predicted octanol–water partition coefficient (Wildman–Crippen LogP) is 2.40. The standard InChI is InChI=1S/C19H27FN2O4S/c1-13-4-3-5-17(14(13)2)21-19(23)15-6-7-16(20)18(12-15)27(24,25)22-8-10-26-11-9-22/h6-7,12-14,17H,3-5,8-11H2,1-2H3,(H,21,23)/t13-,14+,17-/m1/s1. The molecule has 8 heteroatoms. The minimum atomic E-state index is -4.00. The molecule has 1 saturated carbocycles. The molecule has 1 aromatic rings. The highest BCUT2D eigenvalue weighted by atomic mass is 32.2. The Morgan fingerprint density at radius 1 is 1.22 bits per heavy atom. The maximum absolute atomic E-state index is 14.3. The molecule has 3 rings (SSSR count). The van der Waals surface area contributed by atoms with Crippen LogP contribution in [0, 0.1) is 17.7 Å². The van der Waals surface area contributed by atoms with E-state index < -0.39 is 20.7 Å². The van der Waals surface area contributed by atoms with Crippen molar-refractivity contribution in [3.8, 4) is 0 Å². The predicted molar refractivity (Wildman–Crippen MR) is 99.4 cm³/mol. The molecular formula is C19H27FN2O4S. The lowest BCUT2D eigenvalue weighted by atomic mass is 9.78. The van der Waals surface area contributed by atoms with Gasteiger partial charge in [0.05, 0.1) is 13.2 Å². The smallest absolute Gasteiger partial charge is 0.251 e. The number of hydrogen-bond donors (Lipinski definition) is 1. The van der Waals surface area contributed by atoms with E-state index in [1.54, 1.807) is 0 Å². The number of nitrogens with one attached hydrogen (secondary N) is 1. The van der Waals surface area contributed by atoms with Crippen molar-refractivity contribution in [3.63, 3.8) is 0 Å². The van der Waals surface area contributed by atoms with Gasteiger partial charge in [0.2, 0.25) is 10.0 Å². The molecule has 0 bridgehead atoms. The van der Waals surface area contributed by atoms with Gasteiger partial charge < -0.3 is 10.1 Å². The summed E-state index contributed by atoms with van der Waals surface area (Å²) >= 11 is 0. The van der Waals surface area contributed by atoms with Crippen LogP contribution in [0.25, 0.3) is 0 Å². The monoisotopic (exact) mass is 398 g/mol. The van der Waals surface area contributed by atoms with Gasteiger partial charge in [-0.1, -0.05) is 26.7 Å². The fourth-order valence-corrected chi connectivity index (χ4v) is 5.30. The Kier molecular flexibility index (Phi) is 6.18. The number of nitrogens with zero attached hydrogens (tertiary/aromatic N) is 1. The Labute approximate surface area is 160 Å². The zero-order chi connectivity index (χ0) is 19.6. The van der Waals surface area contributed by atoms with E-state index >= 15 is 0 Å². The molecule has 1 heterocycles. The van der Waals surface area contributed by atoms with Gasteiger partial charge in [-0.3, -0.25) is 4.79 Å². The number of morpholine rings is 1. The van der Waals surface area contributed by atoms with Crippen LogP contribution in [0.4, 0.5) is 4.39 Å². The summed E-state index contributed by atoms with van der Waals surface area (Å²) in [5.74, 6) is -0.341. The quantitative estimate of drug-likeness (QED) is 0.845. The summed E-state index contributed by atoms with van der Waals surface area (Å²) in [5, 5.41) is 3.00. The van der Waals surface area contributed by atoms with E-state index in [2.05, 4.69) is 19.2 Å². The number of rotatable bonds is 4. The van der Waals surface area contributed by atoms with Gasteiger partial charge in [0, 0.05) is 24.7 Å². The Balaban J connectivity index is 1.81. The SMILES string of the molecule is C[C@H]1[C@H](C)CCC[C@H]1NC(=O)c1ccc(F)c(S(=O)(=O)N2CCOCC2)c1. The number of benzene rings is 1. The van der Waals surface area contributed by atoms with Gasteiger partial charge in [0.15, 0.2) is 0 Å². The van der Waals surface area contributed by atoms with Crippen LogP contribution < -0.4 is 5.32 Å². The van der Waals surface area contributed by atoms with E-state index in [0.29, 0.717) is 11.8 Å². The molecule has 0 aromatic heterocycles. The summed E-state index contributed by atoms with van der Waals surface area (Å²) in [4.78, 5) is 12.2. The Hall–Kier alpha value is -1.51. The van der Waals surface area contributed by atoms with E-state index in [-0.39, 0.29) is 43.8 Å². The normalized spacial score (nSPS) is 27.3. The van der Waals surface area contributed by atoms with E-state index in [9.17, 15) is 17.6 Å². The summed E-state index contributed by atoms with van der Waals surface area (Å²) < 4.78 is 46.2. The fourth-order valence-electron chi connectivity index (χ4n) is 3.81. The molecule has 1 aliphatic carbocycles. The van der Waals surface area contributed by atoms with E-state index in [1.165, 1.54) is 10.4 Å². The van der Waals surface area contributed by atoms with Crippen LogP contribution in [-0.4, -0.2) is 51.0 Å². The molecule has 1 aromatic carbocycles. The average molecular weight is 399 g/mol. The van der Waals surface area contributed by atoms with Gasteiger partial charge >= 0.3 is 0 Å². The first kappa shape index (κ1) is 20.2. The molecule has 1 aliphatic heterocycles. The molecule has 6 nitrogen and oxygen atoms in total. The molecule has 0 spiro atoms. The first-order valence-electron chi connectivity index (χ1n) is 9.49. The number of amides is 1. The molecule has 2 aliphatic rings. The number of sulfonamides is 1. The molecule has 0 unspecified atom stereocenters. The first-order valence-corrected chi connectivity index (χ1v) is 10.9. The summed E-state index contributed by atoms with van der Waals surface area (Å²) in [6.45, 7) is 5.20. The highest BCUT2D eigenvalue weighted by molar-refractivity contribution is 7.89. The van der Waals surface area contributed by atoms with Crippen molar-refractivity contribution >= 4 is 15.9 Å². The van der Waals surface area contributed by atoms with Crippen LogP contribution >= 0.6 is 0 Å². The molecule has 3 atom stereocenters. The fraction of sp³-hybridized carbons (Fsp3) is 0.632. The zero-order valence-corrected chi connectivity index (χ0v) is 16.6. The molecule has 1 saturated heterocycles. The van der Waals surface area contributed by atoms with Crippen LogP contribution in [-0.2, 0) is 14.8 Å². The highest BCUT2D eigenvalue weighted by Crippen LogP contribution is 2.30. The first-order chi connectivity index (χ1) is 12.8. The minimum absolute atomic E-state index is 0.0469. The summed E-state index contributed by atoms with van der Waals surface area (Å²) in [6, 6.07) is 3.58. The van der Waals surface area contributed by atoms with Crippen molar-refractivity contribution in [2.75, 3.05) is 26.3 Å². The van der Waals surface area contributed by atoms with Gasteiger partial charge in [-0.05, 0) is 36.5 Å². The van der Waals surface area contributed by atoms with Crippen molar-refractivity contribution in [1.82, 2.24) is 9.62 Å². The summed E-state index contributed by atoms with van der Waals surface area (Å²) in [5.41, 5.74) is 0.161. The zero-order valence-electron chi connectivity index (χ0n) is 15.8. The molecule has 0 radical (unpaired) electrons. The third-order valence-corrected chi connectivity index (χ3v) is 7.72. The van der Waals surface area contributed by atoms with Gasteiger partial charge in [0.1, 0.15) is 10.7 Å². The third kappa shape index (κ3) is 4.33. The maximum Gasteiger partial charge on any atom is 0.251 e. The van der Waals surface area contributed by atoms with Crippen molar-refractivity contribution in [3.05, 3.63) is 29.6 Å². The lowest BCUT2D eigenvalue weighted by Gasteiger charge is -2.34. The number of carbonyl (C=O) groups excluding carboxylic acids is 1. The second kappa shape index (κ2) is 8.24. The van der Waals surface area contributed by atoms with Gasteiger partial charge in [-0.15, -0.1) is 0 Å². The van der Waals surface area contributed by atoms with E-state index in [4.69, 9.17) is 4.74 Å². The molecule has 27 heavy (non-hydrogen) atoms. The maximum atomic E-state index is 14.3. The van der Waals surface area contributed by atoms with Crippen molar-refractivity contribution in [1.29, 1.82) is 0 Å². The molecule has 1 amide bonds. The van der Waals surface area contributed by atoms with E-state index in [0.717, 1.165) is 31.4 Å². The molecule has 2 fully saturated rings. The highest BCUT2D eigenvalue weighted by Gasteiger charge is 2.31. The third-order valence-electron chi connectivity index (χ3n) is 5.80. The van der Waals surface area contributed by atoms with Crippen molar-refractivity contribution in [2.24, 2.45) is 11.8 Å². The number of carbonyl (C=O) groups is 1.